The van der Waals surface area contributed by atoms with E-state index in [4.69, 9.17) is 5.11 Å². The molecule has 6 heteroatoms. The molecule has 118 valence electrons. The Morgan fingerprint density at radius 2 is 2.05 bits per heavy atom. The minimum absolute atomic E-state index is 0.0840. The van der Waals surface area contributed by atoms with Gasteiger partial charge in [0.2, 0.25) is 0 Å². The lowest BCUT2D eigenvalue weighted by molar-refractivity contribution is -0.137. The largest absolute Gasteiger partial charge is 0.416 e. The zero-order valence-corrected chi connectivity index (χ0v) is 11.7. The minimum atomic E-state index is -4.45. The van der Waals surface area contributed by atoms with Crippen molar-refractivity contribution in [2.75, 3.05) is 13.2 Å². The Bertz CT molecular complexity index is 475. The molecule has 1 saturated heterocycles. The lowest BCUT2D eigenvalue weighted by Gasteiger charge is -2.25. The van der Waals surface area contributed by atoms with Crippen molar-refractivity contribution in [3.05, 3.63) is 35.1 Å². The summed E-state index contributed by atoms with van der Waals surface area (Å²) in [4.78, 5) is 2.01. The minimum Gasteiger partial charge on any atom is -0.396 e. The van der Waals surface area contributed by atoms with Crippen LogP contribution in [0.5, 0.6) is 0 Å². The third-order valence-electron chi connectivity index (χ3n) is 3.94. The summed E-state index contributed by atoms with van der Waals surface area (Å²) in [6.45, 7) is 1.04. The number of hydrogen-bond donors (Lipinski definition) is 1. The highest BCUT2D eigenvalue weighted by molar-refractivity contribution is 5.27. The fraction of sp³-hybridized carbons (Fsp3) is 0.600. The molecule has 1 heterocycles. The summed E-state index contributed by atoms with van der Waals surface area (Å²) in [6.07, 6.45) is -1.11. The summed E-state index contributed by atoms with van der Waals surface area (Å²) in [5.74, 6) is -0.601. The van der Waals surface area contributed by atoms with Gasteiger partial charge < -0.3 is 5.11 Å². The predicted octanol–water partition coefficient (Wildman–Crippen LogP) is 3.58. The van der Waals surface area contributed by atoms with Crippen LogP contribution in [-0.2, 0) is 12.7 Å². The summed E-state index contributed by atoms with van der Waals surface area (Å²) < 4.78 is 51.8. The van der Waals surface area contributed by atoms with Gasteiger partial charge in [-0.2, -0.15) is 13.2 Å². The summed E-state index contributed by atoms with van der Waals surface area (Å²) in [5, 5.41) is 8.87. The highest BCUT2D eigenvalue weighted by atomic mass is 19.4. The van der Waals surface area contributed by atoms with E-state index in [1.54, 1.807) is 0 Å². The van der Waals surface area contributed by atoms with Gasteiger partial charge in [-0.1, -0.05) is 0 Å². The van der Waals surface area contributed by atoms with Crippen molar-refractivity contribution in [2.45, 2.75) is 44.4 Å². The molecule has 1 aromatic rings. The van der Waals surface area contributed by atoms with Crippen LogP contribution >= 0.6 is 0 Å². The van der Waals surface area contributed by atoms with Gasteiger partial charge in [-0.15, -0.1) is 0 Å². The average molecular weight is 305 g/mol. The zero-order chi connectivity index (χ0) is 15.5. The molecule has 0 saturated carbocycles. The molecule has 0 spiro atoms. The maximum atomic E-state index is 13.8. The monoisotopic (exact) mass is 305 g/mol. The molecule has 1 unspecified atom stereocenters. The molecule has 1 fully saturated rings. The number of likely N-dealkylation sites (tertiary alicyclic amines) is 1. The molecular formula is C15H19F4NO. The van der Waals surface area contributed by atoms with Crippen LogP contribution in [0.2, 0.25) is 0 Å². The Morgan fingerprint density at radius 3 is 2.71 bits per heavy atom. The Morgan fingerprint density at radius 1 is 1.29 bits per heavy atom. The number of benzene rings is 1. The molecule has 0 aromatic heterocycles. The Balaban J connectivity index is 2.11. The molecule has 0 radical (unpaired) electrons. The highest BCUT2D eigenvalue weighted by Crippen LogP contribution is 2.31. The summed E-state index contributed by atoms with van der Waals surface area (Å²) in [7, 11) is 0. The molecule has 2 nitrogen and oxygen atoms in total. The molecule has 1 aliphatic heterocycles. The number of aliphatic hydroxyl groups excluding tert-OH is 1. The summed E-state index contributed by atoms with van der Waals surface area (Å²) in [5.41, 5.74) is -0.731. The first-order chi connectivity index (χ1) is 9.91. The second-order valence-electron chi connectivity index (χ2n) is 5.44. The molecule has 1 aromatic carbocycles. The first-order valence-electron chi connectivity index (χ1n) is 7.12. The predicted molar refractivity (Wildman–Crippen MR) is 71.2 cm³/mol. The second-order valence-corrected chi connectivity index (χ2v) is 5.44. The standard InChI is InChI=1S/C15H19F4NO/c16-14-6-5-12(15(17,18)19)9-11(14)10-20-7-1-3-13(20)4-2-8-21/h5-6,9,13,21H,1-4,7-8,10H2. The van der Waals surface area contributed by atoms with E-state index < -0.39 is 17.6 Å². The second kappa shape index (κ2) is 6.75. The van der Waals surface area contributed by atoms with Gasteiger partial charge in [-0.25, -0.2) is 4.39 Å². The van der Waals surface area contributed by atoms with E-state index in [2.05, 4.69) is 0 Å². The number of hydrogen-bond acceptors (Lipinski definition) is 2. The van der Waals surface area contributed by atoms with E-state index in [0.717, 1.165) is 44.0 Å². The van der Waals surface area contributed by atoms with Gasteiger partial charge in [-0.3, -0.25) is 4.90 Å². The molecule has 0 bridgehead atoms. The first kappa shape index (κ1) is 16.2. The van der Waals surface area contributed by atoms with E-state index in [1.807, 2.05) is 4.90 Å². The van der Waals surface area contributed by atoms with Crippen molar-refractivity contribution in [2.24, 2.45) is 0 Å². The van der Waals surface area contributed by atoms with E-state index in [9.17, 15) is 17.6 Å². The lowest BCUT2D eigenvalue weighted by atomic mass is 10.1. The van der Waals surface area contributed by atoms with Gasteiger partial charge in [0.1, 0.15) is 5.82 Å². The fourth-order valence-electron chi connectivity index (χ4n) is 2.85. The van der Waals surface area contributed by atoms with Gasteiger partial charge in [-0.05, 0) is 50.4 Å². The molecule has 1 N–H and O–H groups in total. The van der Waals surface area contributed by atoms with Crippen LogP contribution in [0.3, 0.4) is 0 Å². The normalized spacial score (nSPS) is 20.1. The third-order valence-corrected chi connectivity index (χ3v) is 3.94. The maximum absolute atomic E-state index is 13.8. The quantitative estimate of drug-likeness (QED) is 0.841. The average Bonchev–Trinajstić information content (AvgIpc) is 2.85. The van der Waals surface area contributed by atoms with Gasteiger partial charge in [0, 0.05) is 24.8 Å². The Labute approximate surface area is 121 Å². The molecule has 2 rings (SSSR count). The van der Waals surface area contributed by atoms with Crippen LogP contribution in [0.1, 0.15) is 36.8 Å². The van der Waals surface area contributed by atoms with Crippen LogP contribution in [0.4, 0.5) is 17.6 Å². The van der Waals surface area contributed by atoms with Gasteiger partial charge in [0.05, 0.1) is 5.56 Å². The number of rotatable bonds is 5. The van der Waals surface area contributed by atoms with Crippen molar-refractivity contribution in [3.63, 3.8) is 0 Å². The molecule has 1 atom stereocenters. The van der Waals surface area contributed by atoms with Gasteiger partial charge in [0.25, 0.3) is 0 Å². The van der Waals surface area contributed by atoms with Crippen LogP contribution in [-0.4, -0.2) is 29.2 Å². The van der Waals surface area contributed by atoms with Crippen LogP contribution < -0.4 is 0 Å². The van der Waals surface area contributed by atoms with Crippen LogP contribution in [0.25, 0.3) is 0 Å². The van der Waals surface area contributed by atoms with Crippen molar-refractivity contribution in [1.29, 1.82) is 0 Å². The summed E-state index contributed by atoms with van der Waals surface area (Å²) >= 11 is 0. The Hall–Kier alpha value is -1.14. The zero-order valence-electron chi connectivity index (χ0n) is 11.7. The number of nitrogens with zero attached hydrogens (tertiary/aromatic N) is 1. The molecule has 0 amide bonds. The molecule has 1 aliphatic rings. The Kier molecular flexibility index (Phi) is 5.22. The SMILES string of the molecule is OCCCC1CCCN1Cc1cc(C(F)(F)F)ccc1F. The van der Waals surface area contributed by atoms with Crippen molar-refractivity contribution in [3.8, 4) is 0 Å². The van der Waals surface area contributed by atoms with E-state index in [0.29, 0.717) is 6.42 Å². The van der Waals surface area contributed by atoms with Gasteiger partial charge >= 0.3 is 6.18 Å². The lowest BCUT2D eigenvalue weighted by Crippen LogP contribution is -2.29. The summed E-state index contributed by atoms with van der Waals surface area (Å²) in [6, 6.07) is 2.77. The number of halogens is 4. The first-order valence-corrected chi connectivity index (χ1v) is 7.12. The highest BCUT2D eigenvalue weighted by Gasteiger charge is 2.32. The topological polar surface area (TPSA) is 23.5 Å². The fourth-order valence-corrected chi connectivity index (χ4v) is 2.85. The van der Waals surface area contributed by atoms with Crippen molar-refractivity contribution < 1.29 is 22.7 Å². The molecule has 0 aliphatic carbocycles. The van der Waals surface area contributed by atoms with Crippen molar-refractivity contribution in [1.82, 2.24) is 4.90 Å². The smallest absolute Gasteiger partial charge is 0.396 e. The number of alkyl halides is 3. The van der Waals surface area contributed by atoms with Gasteiger partial charge in [0.15, 0.2) is 0 Å². The van der Waals surface area contributed by atoms with Crippen LogP contribution in [0, 0.1) is 5.82 Å². The maximum Gasteiger partial charge on any atom is 0.416 e. The van der Waals surface area contributed by atoms with E-state index in [1.165, 1.54) is 0 Å². The molecule has 21 heavy (non-hydrogen) atoms. The van der Waals surface area contributed by atoms with E-state index >= 15 is 0 Å². The van der Waals surface area contributed by atoms with E-state index in [-0.39, 0.29) is 24.8 Å². The van der Waals surface area contributed by atoms with Crippen molar-refractivity contribution >= 4 is 0 Å². The molecular weight excluding hydrogens is 286 g/mol. The van der Waals surface area contributed by atoms with Crippen LogP contribution in [0.15, 0.2) is 18.2 Å². The number of aliphatic hydroxyl groups is 1. The third kappa shape index (κ3) is 4.17.